The minimum atomic E-state index is -0.988. The van der Waals surface area contributed by atoms with E-state index in [2.05, 4.69) is 15.9 Å². The van der Waals surface area contributed by atoms with Crippen LogP contribution in [0.25, 0.3) is 0 Å². The number of β-amino-alcohol motifs (C(OH)–C–C–N with tert-alkyl or cyclic N) is 1. The Labute approximate surface area is 112 Å². The van der Waals surface area contributed by atoms with E-state index in [0.717, 1.165) is 12.1 Å². The van der Waals surface area contributed by atoms with Crippen LogP contribution in [0.2, 0.25) is 0 Å². The molecule has 0 spiro atoms. The Bertz CT molecular complexity index is 482. The highest BCUT2D eigenvalue weighted by molar-refractivity contribution is 9.10. The number of halogens is 3. The third-order valence-electron chi connectivity index (χ3n) is 2.96. The number of hydrogen-bond acceptors (Lipinski definition) is 2. The van der Waals surface area contributed by atoms with E-state index in [1.807, 2.05) is 0 Å². The lowest BCUT2D eigenvalue weighted by Gasteiger charge is -2.19. The SMILES string of the molecule is CC1(O)CCN(C(=O)c2c(F)cc(Br)cc2F)C1. The molecule has 0 radical (unpaired) electrons. The third kappa shape index (κ3) is 2.54. The van der Waals surface area contributed by atoms with E-state index < -0.39 is 28.7 Å². The second kappa shape index (κ2) is 4.59. The summed E-state index contributed by atoms with van der Waals surface area (Å²) in [5.74, 6) is -2.54. The second-order valence-corrected chi connectivity index (χ2v) is 5.63. The van der Waals surface area contributed by atoms with Crippen molar-refractivity contribution in [3.63, 3.8) is 0 Å². The number of carbonyl (C=O) groups is 1. The topological polar surface area (TPSA) is 40.5 Å². The summed E-state index contributed by atoms with van der Waals surface area (Å²) in [6, 6.07) is 2.09. The summed E-state index contributed by atoms with van der Waals surface area (Å²) in [6.45, 7) is 1.97. The normalized spacial score (nSPS) is 23.5. The van der Waals surface area contributed by atoms with Crippen molar-refractivity contribution >= 4 is 21.8 Å². The summed E-state index contributed by atoms with van der Waals surface area (Å²) in [5, 5.41) is 9.75. The molecule has 98 valence electrons. The largest absolute Gasteiger partial charge is 0.388 e. The lowest BCUT2D eigenvalue weighted by molar-refractivity contribution is 0.0566. The second-order valence-electron chi connectivity index (χ2n) is 4.72. The van der Waals surface area contributed by atoms with Gasteiger partial charge in [-0.25, -0.2) is 8.78 Å². The van der Waals surface area contributed by atoms with Crippen LogP contribution < -0.4 is 0 Å². The van der Waals surface area contributed by atoms with Crippen LogP contribution in [0.4, 0.5) is 8.78 Å². The number of likely N-dealkylation sites (tertiary alicyclic amines) is 1. The highest BCUT2D eigenvalue weighted by Gasteiger charge is 2.36. The minimum Gasteiger partial charge on any atom is -0.388 e. The summed E-state index contributed by atoms with van der Waals surface area (Å²) in [5.41, 5.74) is -1.56. The van der Waals surface area contributed by atoms with Crippen molar-refractivity contribution in [2.24, 2.45) is 0 Å². The predicted molar refractivity (Wildman–Crippen MR) is 65.2 cm³/mol. The molecule has 1 aromatic carbocycles. The smallest absolute Gasteiger partial charge is 0.259 e. The zero-order valence-electron chi connectivity index (χ0n) is 9.71. The Hall–Kier alpha value is -1.01. The van der Waals surface area contributed by atoms with E-state index in [9.17, 15) is 18.7 Å². The van der Waals surface area contributed by atoms with Gasteiger partial charge in [-0.3, -0.25) is 4.79 Å². The van der Waals surface area contributed by atoms with Gasteiger partial charge in [0, 0.05) is 17.6 Å². The van der Waals surface area contributed by atoms with Gasteiger partial charge in [-0.15, -0.1) is 0 Å². The maximum absolute atomic E-state index is 13.6. The Balaban J connectivity index is 2.30. The Morgan fingerprint density at radius 2 is 2.00 bits per heavy atom. The van der Waals surface area contributed by atoms with Gasteiger partial charge in [-0.2, -0.15) is 0 Å². The summed E-state index contributed by atoms with van der Waals surface area (Å²) < 4.78 is 27.5. The number of carbonyl (C=O) groups excluding carboxylic acids is 1. The first-order valence-electron chi connectivity index (χ1n) is 5.46. The number of aliphatic hydroxyl groups is 1. The van der Waals surface area contributed by atoms with Crippen molar-refractivity contribution < 1.29 is 18.7 Å². The molecule has 1 heterocycles. The van der Waals surface area contributed by atoms with Crippen molar-refractivity contribution in [2.45, 2.75) is 18.9 Å². The molecular weight excluding hydrogens is 308 g/mol. The van der Waals surface area contributed by atoms with Gasteiger partial charge in [0.15, 0.2) is 0 Å². The van der Waals surface area contributed by atoms with E-state index in [1.54, 1.807) is 6.92 Å². The minimum absolute atomic E-state index is 0.0841. The number of hydrogen-bond donors (Lipinski definition) is 1. The van der Waals surface area contributed by atoms with Crippen LogP contribution in [-0.2, 0) is 0 Å². The fourth-order valence-corrected chi connectivity index (χ4v) is 2.43. The highest BCUT2D eigenvalue weighted by atomic mass is 79.9. The van der Waals surface area contributed by atoms with Gasteiger partial charge in [0.2, 0.25) is 0 Å². The molecular formula is C12H12BrF2NO2. The van der Waals surface area contributed by atoms with Gasteiger partial charge in [-0.1, -0.05) is 15.9 Å². The van der Waals surface area contributed by atoms with Gasteiger partial charge in [-0.05, 0) is 25.5 Å². The van der Waals surface area contributed by atoms with Crippen LogP contribution in [0.15, 0.2) is 16.6 Å². The number of nitrogens with zero attached hydrogens (tertiary/aromatic N) is 1. The molecule has 0 aromatic heterocycles. The maximum atomic E-state index is 13.6. The number of amides is 1. The molecule has 0 aliphatic carbocycles. The number of rotatable bonds is 1. The maximum Gasteiger partial charge on any atom is 0.259 e. The molecule has 1 atom stereocenters. The zero-order chi connectivity index (χ0) is 13.5. The number of benzene rings is 1. The van der Waals surface area contributed by atoms with Crippen LogP contribution in [0.3, 0.4) is 0 Å². The molecule has 1 saturated heterocycles. The van der Waals surface area contributed by atoms with Crippen molar-refractivity contribution in [1.29, 1.82) is 0 Å². The molecule has 1 aliphatic rings. The molecule has 0 bridgehead atoms. The lowest BCUT2D eigenvalue weighted by atomic mass is 10.1. The average molecular weight is 320 g/mol. The lowest BCUT2D eigenvalue weighted by Crippen LogP contribution is -2.34. The van der Waals surface area contributed by atoms with Crippen LogP contribution in [0, 0.1) is 11.6 Å². The predicted octanol–water partition coefficient (Wildman–Crippen LogP) is 2.32. The monoisotopic (exact) mass is 319 g/mol. The van der Waals surface area contributed by atoms with E-state index in [-0.39, 0.29) is 11.0 Å². The van der Waals surface area contributed by atoms with Crippen LogP contribution in [0.5, 0.6) is 0 Å². The molecule has 1 amide bonds. The molecule has 1 N–H and O–H groups in total. The van der Waals surface area contributed by atoms with E-state index in [0.29, 0.717) is 13.0 Å². The molecule has 3 nitrogen and oxygen atoms in total. The average Bonchev–Trinajstić information content (AvgIpc) is 2.57. The van der Waals surface area contributed by atoms with Gasteiger partial charge >= 0.3 is 0 Å². The van der Waals surface area contributed by atoms with Gasteiger partial charge in [0.25, 0.3) is 5.91 Å². The molecule has 18 heavy (non-hydrogen) atoms. The quantitative estimate of drug-likeness (QED) is 0.863. The molecule has 1 aromatic rings. The highest BCUT2D eigenvalue weighted by Crippen LogP contribution is 2.25. The van der Waals surface area contributed by atoms with Crippen molar-refractivity contribution in [3.8, 4) is 0 Å². The van der Waals surface area contributed by atoms with Crippen molar-refractivity contribution in [2.75, 3.05) is 13.1 Å². The molecule has 6 heteroatoms. The first-order valence-corrected chi connectivity index (χ1v) is 6.26. The first kappa shape index (κ1) is 13.4. The third-order valence-corrected chi connectivity index (χ3v) is 3.42. The zero-order valence-corrected chi connectivity index (χ0v) is 11.3. The molecule has 1 aliphatic heterocycles. The molecule has 1 unspecified atom stereocenters. The van der Waals surface area contributed by atoms with Gasteiger partial charge < -0.3 is 10.0 Å². The summed E-state index contributed by atoms with van der Waals surface area (Å²) in [6.07, 6.45) is 0.401. The molecule has 0 saturated carbocycles. The first-order chi connectivity index (χ1) is 8.30. The Kier molecular flexibility index (Phi) is 3.42. The van der Waals surface area contributed by atoms with Crippen LogP contribution in [0.1, 0.15) is 23.7 Å². The van der Waals surface area contributed by atoms with Gasteiger partial charge in [0.05, 0.1) is 5.60 Å². The van der Waals surface area contributed by atoms with Crippen molar-refractivity contribution in [1.82, 2.24) is 4.90 Å². The molecule has 2 rings (SSSR count). The van der Waals surface area contributed by atoms with E-state index >= 15 is 0 Å². The van der Waals surface area contributed by atoms with Crippen molar-refractivity contribution in [3.05, 3.63) is 33.8 Å². The fourth-order valence-electron chi connectivity index (χ4n) is 2.02. The standard InChI is InChI=1S/C12H12BrF2NO2/c1-12(18)2-3-16(6-12)11(17)10-8(14)4-7(13)5-9(10)15/h4-5,18H,2-3,6H2,1H3. The fraction of sp³-hybridized carbons (Fsp3) is 0.417. The van der Waals surface area contributed by atoms with Crippen LogP contribution in [-0.4, -0.2) is 34.6 Å². The van der Waals surface area contributed by atoms with E-state index in [1.165, 1.54) is 4.90 Å². The van der Waals surface area contributed by atoms with Gasteiger partial charge in [0.1, 0.15) is 17.2 Å². The Morgan fingerprint density at radius 3 is 2.44 bits per heavy atom. The summed E-state index contributed by atoms with van der Waals surface area (Å²) >= 11 is 2.95. The summed E-state index contributed by atoms with van der Waals surface area (Å²) in [7, 11) is 0. The molecule has 1 fully saturated rings. The Morgan fingerprint density at radius 1 is 1.44 bits per heavy atom. The van der Waals surface area contributed by atoms with E-state index in [4.69, 9.17) is 0 Å². The van der Waals surface area contributed by atoms with Crippen LogP contribution >= 0.6 is 15.9 Å². The summed E-state index contributed by atoms with van der Waals surface area (Å²) in [4.78, 5) is 13.3.